The first-order valence-electron chi connectivity index (χ1n) is 7.82. The van der Waals surface area contributed by atoms with Crippen molar-refractivity contribution in [1.82, 2.24) is 0 Å². The summed E-state index contributed by atoms with van der Waals surface area (Å²) in [5.41, 5.74) is 7.16. The Morgan fingerprint density at radius 3 is 2.04 bits per heavy atom. The fraction of sp³-hybridized carbons (Fsp3) is 0.316. The number of rotatable bonds is 7. The normalized spacial score (nSPS) is 10.5. The van der Waals surface area contributed by atoms with Crippen molar-refractivity contribution in [2.24, 2.45) is 0 Å². The van der Waals surface area contributed by atoms with Gasteiger partial charge in [0.2, 0.25) is 0 Å². The molecule has 2 N–H and O–H groups in total. The van der Waals surface area contributed by atoms with E-state index in [1.165, 1.54) is 21.3 Å². The molecule has 2 aromatic rings. The molecule has 0 aliphatic heterocycles. The van der Waals surface area contributed by atoms with Crippen molar-refractivity contribution in [2.75, 3.05) is 27.1 Å². The summed E-state index contributed by atoms with van der Waals surface area (Å²) >= 11 is 0. The van der Waals surface area contributed by atoms with Crippen LogP contribution in [0.2, 0.25) is 0 Å². The van der Waals surface area contributed by atoms with Gasteiger partial charge in [-0.05, 0) is 38.1 Å². The minimum atomic E-state index is -0.243. The molecule has 0 radical (unpaired) electrons. The summed E-state index contributed by atoms with van der Waals surface area (Å²) in [5, 5.41) is 0. The highest BCUT2D eigenvalue weighted by Crippen LogP contribution is 2.35. The van der Waals surface area contributed by atoms with E-state index in [0.29, 0.717) is 39.8 Å². The predicted octanol–water partition coefficient (Wildman–Crippen LogP) is 3.31. The molecule has 0 saturated heterocycles. The second-order valence-corrected chi connectivity index (χ2v) is 5.66. The highest BCUT2D eigenvalue weighted by atomic mass is 16.5. The zero-order valence-corrected chi connectivity index (χ0v) is 15.1. The van der Waals surface area contributed by atoms with Gasteiger partial charge in [0, 0.05) is 22.9 Å². The SMILES string of the molecule is COc1ccc(C(=O)c2cc(OC)c(OC(C)C)cc2N)cc1OC. The largest absolute Gasteiger partial charge is 0.493 e. The topological polar surface area (TPSA) is 80.0 Å². The van der Waals surface area contributed by atoms with Gasteiger partial charge in [-0.25, -0.2) is 0 Å². The van der Waals surface area contributed by atoms with Crippen LogP contribution in [0.1, 0.15) is 29.8 Å². The number of ketones is 1. The van der Waals surface area contributed by atoms with Gasteiger partial charge < -0.3 is 24.7 Å². The second-order valence-electron chi connectivity index (χ2n) is 5.66. The lowest BCUT2D eigenvalue weighted by atomic mass is 10.0. The maximum atomic E-state index is 12.9. The van der Waals surface area contributed by atoms with Crippen LogP contribution in [-0.2, 0) is 0 Å². The van der Waals surface area contributed by atoms with Crippen molar-refractivity contribution in [2.45, 2.75) is 20.0 Å². The van der Waals surface area contributed by atoms with Gasteiger partial charge in [-0.2, -0.15) is 0 Å². The molecule has 0 spiro atoms. The summed E-state index contributed by atoms with van der Waals surface area (Å²) in [7, 11) is 4.57. The summed E-state index contributed by atoms with van der Waals surface area (Å²) in [4.78, 5) is 12.9. The van der Waals surface area contributed by atoms with Gasteiger partial charge in [-0.1, -0.05) is 0 Å². The molecule has 0 saturated carbocycles. The Labute approximate surface area is 147 Å². The van der Waals surface area contributed by atoms with Gasteiger partial charge in [-0.3, -0.25) is 4.79 Å². The van der Waals surface area contributed by atoms with Crippen molar-refractivity contribution in [1.29, 1.82) is 0 Å². The van der Waals surface area contributed by atoms with Crippen LogP contribution >= 0.6 is 0 Å². The third-order valence-electron chi connectivity index (χ3n) is 3.59. The zero-order valence-electron chi connectivity index (χ0n) is 15.1. The number of carbonyl (C=O) groups excluding carboxylic acids is 1. The fourth-order valence-electron chi connectivity index (χ4n) is 2.41. The van der Waals surface area contributed by atoms with Gasteiger partial charge in [0.1, 0.15) is 0 Å². The lowest BCUT2D eigenvalue weighted by Crippen LogP contribution is -2.10. The van der Waals surface area contributed by atoms with Crippen LogP contribution in [0, 0.1) is 0 Å². The minimum absolute atomic E-state index is 0.0410. The highest BCUT2D eigenvalue weighted by molar-refractivity contribution is 6.12. The number of hydrogen-bond donors (Lipinski definition) is 1. The predicted molar refractivity (Wildman–Crippen MR) is 96.1 cm³/mol. The van der Waals surface area contributed by atoms with Crippen LogP contribution in [0.5, 0.6) is 23.0 Å². The first-order valence-corrected chi connectivity index (χ1v) is 7.82. The Kier molecular flexibility index (Phi) is 5.75. The summed E-state index contributed by atoms with van der Waals surface area (Å²) in [5.74, 6) is 1.72. The molecular formula is C19H23NO5. The molecule has 2 aromatic carbocycles. The third-order valence-corrected chi connectivity index (χ3v) is 3.59. The Hall–Kier alpha value is -2.89. The van der Waals surface area contributed by atoms with Crippen LogP contribution in [0.15, 0.2) is 30.3 Å². The number of anilines is 1. The summed E-state index contributed by atoms with van der Waals surface area (Å²) < 4.78 is 21.4. The molecule has 6 nitrogen and oxygen atoms in total. The maximum absolute atomic E-state index is 12.9. The molecule has 2 rings (SSSR count). The van der Waals surface area contributed by atoms with Gasteiger partial charge in [-0.15, -0.1) is 0 Å². The lowest BCUT2D eigenvalue weighted by molar-refractivity contribution is 0.103. The molecule has 0 unspecified atom stereocenters. The fourth-order valence-corrected chi connectivity index (χ4v) is 2.41. The molecule has 0 heterocycles. The van der Waals surface area contributed by atoms with Gasteiger partial charge >= 0.3 is 0 Å². The van der Waals surface area contributed by atoms with Crippen LogP contribution < -0.4 is 24.7 Å². The third kappa shape index (κ3) is 3.96. The molecule has 0 aliphatic carbocycles. The quantitative estimate of drug-likeness (QED) is 0.612. The van der Waals surface area contributed by atoms with E-state index in [1.807, 2.05) is 13.8 Å². The molecule has 0 bridgehead atoms. The standard InChI is InChI=1S/C19H23NO5/c1-11(2)25-18-10-14(20)13(9-17(18)24-5)19(21)12-6-7-15(22-3)16(8-12)23-4/h6-11H,20H2,1-5H3. The summed E-state index contributed by atoms with van der Waals surface area (Å²) in [6.45, 7) is 3.80. The van der Waals surface area contributed by atoms with Crippen molar-refractivity contribution in [3.63, 3.8) is 0 Å². The monoisotopic (exact) mass is 345 g/mol. The lowest BCUT2D eigenvalue weighted by Gasteiger charge is -2.16. The molecule has 0 aliphatic rings. The van der Waals surface area contributed by atoms with E-state index in [2.05, 4.69) is 0 Å². The van der Waals surface area contributed by atoms with Crippen molar-refractivity contribution in [3.05, 3.63) is 41.5 Å². The number of ether oxygens (including phenoxy) is 4. The number of nitrogens with two attached hydrogens (primary N) is 1. The van der Waals surface area contributed by atoms with E-state index in [-0.39, 0.29) is 11.9 Å². The van der Waals surface area contributed by atoms with Crippen LogP contribution in [0.4, 0.5) is 5.69 Å². The number of hydrogen-bond acceptors (Lipinski definition) is 6. The smallest absolute Gasteiger partial charge is 0.195 e. The summed E-state index contributed by atoms with van der Waals surface area (Å²) in [6, 6.07) is 8.15. The molecule has 6 heteroatoms. The molecule has 0 atom stereocenters. The summed E-state index contributed by atoms with van der Waals surface area (Å²) in [6.07, 6.45) is -0.0410. The first kappa shape index (κ1) is 18.4. The van der Waals surface area contributed by atoms with E-state index < -0.39 is 0 Å². The van der Waals surface area contributed by atoms with Crippen molar-refractivity contribution in [3.8, 4) is 23.0 Å². The van der Waals surface area contributed by atoms with Crippen LogP contribution in [0.25, 0.3) is 0 Å². The Morgan fingerprint density at radius 1 is 0.880 bits per heavy atom. The number of carbonyl (C=O) groups is 1. The van der Waals surface area contributed by atoms with Gasteiger partial charge in [0.15, 0.2) is 28.8 Å². The van der Waals surface area contributed by atoms with E-state index in [4.69, 9.17) is 24.7 Å². The Balaban J connectivity index is 2.45. The van der Waals surface area contributed by atoms with Crippen LogP contribution in [0.3, 0.4) is 0 Å². The van der Waals surface area contributed by atoms with E-state index in [0.717, 1.165) is 0 Å². The average molecular weight is 345 g/mol. The van der Waals surface area contributed by atoms with Gasteiger partial charge in [0.05, 0.1) is 27.4 Å². The number of benzene rings is 2. The molecule has 0 amide bonds. The molecule has 25 heavy (non-hydrogen) atoms. The minimum Gasteiger partial charge on any atom is -0.493 e. The van der Waals surface area contributed by atoms with Crippen molar-refractivity contribution >= 4 is 11.5 Å². The van der Waals surface area contributed by atoms with Crippen molar-refractivity contribution < 1.29 is 23.7 Å². The second kappa shape index (κ2) is 7.79. The molecule has 134 valence electrons. The Bertz CT molecular complexity index is 771. The highest BCUT2D eigenvalue weighted by Gasteiger charge is 2.19. The number of nitrogen functional groups attached to an aromatic ring is 1. The van der Waals surface area contributed by atoms with E-state index in [9.17, 15) is 4.79 Å². The molecule has 0 aromatic heterocycles. The van der Waals surface area contributed by atoms with Crippen LogP contribution in [-0.4, -0.2) is 33.2 Å². The number of methoxy groups -OCH3 is 3. The van der Waals surface area contributed by atoms with Gasteiger partial charge in [0.25, 0.3) is 0 Å². The average Bonchev–Trinajstić information content (AvgIpc) is 2.60. The first-order chi connectivity index (χ1) is 11.9. The molecule has 0 fully saturated rings. The zero-order chi connectivity index (χ0) is 18.6. The van der Waals surface area contributed by atoms with E-state index in [1.54, 1.807) is 30.3 Å². The van der Waals surface area contributed by atoms with E-state index >= 15 is 0 Å². The molecular weight excluding hydrogens is 322 g/mol. The maximum Gasteiger partial charge on any atom is 0.195 e. The Morgan fingerprint density at radius 2 is 1.48 bits per heavy atom.